The van der Waals surface area contributed by atoms with E-state index in [4.69, 9.17) is 4.74 Å². The van der Waals surface area contributed by atoms with Crippen LogP contribution in [-0.2, 0) is 27.2 Å². The number of halogens is 1. The van der Waals surface area contributed by atoms with Gasteiger partial charge in [0.15, 0.2) is 12.4 Å². The molecule has 0 atom stereocenters. The van der Waals surface area contributed by atoms with Gasteiger partial charge in [-0.25, -0.2) is 0 Å². The molecule has 6 heteroatoms. The minimum absolute atomic E-state index is 0.0360. The second kappa shape index (κ2) is 9.32. The Kier molecular flexibility index (Phi) is 6.83. The molecule has 0 aliphatic heterocycles. The molecule has 1 aliphatic carbocycles. The number of amides is 1. The molecule has 0 bridgehead atoms. The Morgan fingerprint density at radius 2 is 1.82 bits per heavy atom. The van der Waals surface area contributed by atoms with Gasteiger partial charge in [0, 0.05) is 21.2 Å². The van der Waals surface area contributed by atoms with Crippen LogP contribution < -0.4 is 5.32 Å². The van der Waals surface area contributed by atoms with E-state index in [1.807, 2.05) is 43.3 Å². The lowest BCUT2D eigenvalue weighted by Crippen LogP contribution is -2.21. The number of hydrogen-bond acceptors (Lipinski definition) is 4. The fourth-order valence-corrected chi connectivity index (χ4v) is 3.92. The van der Waals surface area contributed by atoms with E-state index in [0.29, 0.717) is 11.3 Å². The molecule has 0 spiro atoms. The molecule has 1 N–H and O–H groups in total. The Morgan fingerprint density at radius 3 is 2.61 bits per heavy atom. The summed E-state index contributed by atoms with van der Waals surface area (Å²) >= 11 is 2.20. The van der Waals surface area contributed by atoms with Crippen LogP contribution in [0.5, 0.6) is 0 Å². The molecular formula is C22H22INO4. The first-order valence-electron chi connectivity index (χ1n) is 9.29. The number of Topliss-reactive ketones (excluding diaryl/α,β-unsaturated/α-hetero) is 1. The topological polar surface area (TPSA) is 72.5 Å². The third-order valence-corrected chi connectivity index (χ3v) is 5.47. The van der Waals surface area contributed by atoms with Gasteiger partial charge in [0.05, 0.1) is 6.42 Å². The number of anilines is 1. The summed E-state index contributed by atoms with van der Waals surface area (Å²) in [6.45, 7) is 1.53. The third kappa shape index (κ3) is 5.41. The average molecular weight is 491 g/mol. The van der Waals surface area contributed by atoms with E-state index in [9.17, 15) is 14.4 Å². The monoisotopic (exact) mass is 491 g/mol. The van der Waals surface area contributed by atoms with Crippen molar-refractivity contribution in [3.8, 4) is 0 Å². The predicted molar refractivity (Wildman–Crippen MR) is 116 cm³/mol. The van der Waals surface area contributed by atoms with Gasteiger partial charge in [-0.3, -0.25) is 14.4 Å². The molecule has 3 rings (SSSR count). The number of carbonyl (C=O) groups excluding carboxylic acids is 3. The summed E-state index contributed by atoms with van der Waals surface area (Å²) in [5, 5.41) is 2.72. The maximum atomic E-state index is 12.3. The highest BCUT2D eigenvalue weighted by molar-refractivity contribution is 14.1. The highest BCUT2D eigenvalue weighted by Gasteiger charge is 2.16. The summed E-state index contributed by atoms with van der Waals surface area (Å²) in [6.07, 6.45) is 3.25. The summed E-state index contributed by atoms with van der Waals surface area (Å²) < 4.78 is 6.07. The number of aryl methyl sites for hydroxylation is 3. The summed E-state index contributed by atoms with van der Waals surface area (Å²) in [4.78, 5) is 36.1. The molecule has 0 fully saturated rings. The molecule has 2 aromatic rings. The lowest BCUT2D eigenvalue weighted by molar-refractivity contribution is -0.147. The van der Waals surface area contributed by atoms with Gasteiger partial charge in [0.1, 0.15) is 0 Å². The number of ketones is 1. The average Bonchev–Trinajstić information content (AvgIpc) is 3.14. The van der Waals surface area contributed by atoms with Crippen molar-refractivity contribution in [1.82, 2.24) is 0 Å². The number of ether oxygens (including phenoxy) is 1. The molecular weight excluding hydrogens is 469 g/mol. The van der Waals surface area contributed by atoms with Gasteiger partial charge in [-0.05, 0) is 89.7 Å². The summed E-state index contributed by atoms with van der Waals surface area (Å²) in [5.41, 5.74) is 4.81. The van der Waals surface area contributed by atoms with E-state index in [2.05, 4.69) is 27.9 Å². The lowest BCUT2D eigenvalue weighted by atomic mass is 10.0. The van der Waals surface area contributed by atoms with Crippen LogP contribution in [0.1, 0.15) is 46.3 Å². The van der Waals surface area contributed by atoms with E-state index in [1.165, 1.54) is 11.1 Å². The largest absolute Gasteiger partial charge is 0.456 e. The number of rotatable bonds is 7. The van der Waals surface area contributed by atoms with Crippen molar-refractivity contribution in [3.63, 3.8) is 0 Å². The number of hydrogen-bond donors (Lipinski definition) is 1. The minimum Gasteiger partial charge on any atom is -0.456 e. The zero-order valence-electron chi connectivity index (χ0n) is 15.7. The van der Waals surface area contributed by atoms with Crippen LogP contribution in [0, 0.1) is 10.5 Å². The zero-order valence-corrected chi connectivity index (χ0v) is 17.9. The van der Waals surface area contributed by atoms with E-state index in [0.717, 1.165) is 28.4 Å². The zero-order chi connectivity index (χ0) is 20.1. The molecule has 1 amide bonds. The second-order valence-electron chi connectivity index (χ2n) is 6.93. The molecule has 0 saturated carbocycles. The van der Waals surface area contributed by atoms with Crippen molar-refractivity contribution in [2.45, 2.75) is 39.0 Å². The first-order chi connectivity index (χ1) is 13.4. The quantitative estimate of drug-likeness (QED) is 0.358. The maximum Gasteiger partial charge on any atom is 0.306 e. The van der Waals surface area contributed by atoms with E-state index < -0.39 is 11.9 Å². The summed E-state index contributed by atoms with van der Waals surface area (Å²) in [7, 11) is 0. The molecule has 0 aromatic heterocycles. The Bertz CT molecular complexity index is 923. The standard InChI is InChI=1S/C22H22INO4/c1-14-11-18(23)7-8-19(14)24-21(26)13-28-22(27)10-9-20(25)17-6-5-15-3-2-4-16(15)12-17/h5-8,11-12H,2-4,9-10,13H2,1H3,(H,24,26). The normalized spacial score (nSPS) is 12.4. The molecule has 2 aromatic carbocycles. The van der Waals surface area contributed by atoms with E-state index >= 15 is 0 Å². The molecule has 0 saturated heterocycles. The Morgan fingerprint density at radius 1 is 1.04 bits per heavy atom. The van der Waals surface area contributed by atoms with Gasteiger partial charge in [-0.2, -0.15) is 0 Å². The van der Waals surface area contributed by atoms with Crippen LogP contribution in [0.3, 0.4) is 0 Å². The van der Waals surface area contributed by atoms with Crippen LogP contribution in [0.25, 0.3) is 0 Å². The molecule has 5 nitrogen and oxygen atoms in total. The molecule has 1 aliphatic rings. The summed E-state index contributed by atoms with van der Waals surface area (Å²) in [6, 6.07) is 11.4. The van der Waals surface area contributed by atoms with Crippen molar-refractivity contribution >= 4 is 45.9 Å². The highest BCUT2D eigenvalue weighted by atomic mass is 127. The predicted octanol–water partition coefficient (Wildman–Crippen LogP) is 4.23. The van der Waals surface area contributed by atoms with Crippen molar-refractivity contribution in [1.29, 1.82) is 0 Å². The van der Waals surface area contributed by atoms with Crippen molar-refractivity contribution in [2.75, 3.05) is 11.9 Å². The van der Waals surface area contributed by atoms with Gasteiger partial charge in [-0.1, -0.05) is 12.1 Å². The van der Waals surface area contributed by atoms with Crippen LogP contribution in [0.15, 0.2) is 36.4 Å². The molecule has 146 valence electrons. The molecule has 0 radical (unpaired) electrons. The Labute approximate surface area is 178 Å². The van der Waals surface area contributed by atoms with Crippen molar-refractivity contribution in [2.24, 2.45) is 0 Å². The second-order valence-corrected chi connectivity index (χ2v) is 8.17. The van der Waals surface area contributed by atoms with Crippen LogP contribution >= 0.6 is 22.6 Å². The Balaban J connectivity index is 1.42. The van der Waals surface area contributed by atoms with Crippen LogP contribution in [0.2, 0.25) is 0 Å². The SMILES string of the molecule is Cc1cc(I)ccc1NC(=O)COC(=O)CCC(=O)c1ccc2c(c1)CCC2. The highest BCUT2D eigenvalue weighted by Crippen LogP contribution is 2.23. The van der Waals surface area contributed by atoms with Crippen molar-refractivity contribution < 1.29 is 19.1 Å². The number of carbonyl (C=O) groups is 3. The minimum atomic E-state index is -0.552. The van der Waals surface area contributed by atoms with Crippen molar-refractivity contribution in [3.05, 3.63) is 62.2 Å². The first-order valence-corrected chi connectivity index (χ1v) is 10.4. The van der Waals surface area contributed by atoms with E-state index in [1.54, 1.807) is 0 Å². The van der Waals surface area contributed by atoms with Gasteiger partial charge in [0.2, 0.25) is 0 Å². The first kappa shape index (κ1) is 20.5. The Hall–Kier alpha value is -2.22. The number of fused-ring (bicyclic) bond motifs is 1. The fourth-order valence-electron chi connectivity index (χ4n) is 3.28. The fraction of sp³-hybridized carbons (Fsp3) is 0.318. The van der Waals surface area contributed by atoms with Gasteiger partial charge in [-0.15, -0.1) is 0 Å². The van der Waals surface area contributed by atoms with E-state index in [-0.39, 0.29) is 25.2 Å². The molecule has 0 heterocycles. The number of benzene rings is 2. The van der Waals surface area contributed by atoms with Gasteiger partial charge < -0.3 is 10.1 Å². The number of esters is 1. The number of nitrogens with one attached hydrogen (secondary N) is 1. The van der Waals surface area contributed by atoms with Gasteiger partial charge in [0.25, 0.3) is 5.91 Å². The smallest absolute Gasteiger partial charge is 0.306 e. The lowest BCUT2D eigenvalue weighted by Gasteiger charge is -2.09. The molecule has 28 heavy (non-hydrogen) atoms. The summed E-state index contributed by atoms with van der Waals surface area (Å²) in [5.74, 6) is -1.03. The maximum absolute atomic E-state index is 12.3. The van der Waals surface area contributed by atoms with Gasteiger partial charge >= 0.3 is 5.97 Å². The van der Waals surface area contributed by atoms with Crippen LogP contribution in [0.4, 0.5) is 5.69 Å². The third-order valence-electron chi connectivity index (χ3n) is 4.80. The molecule has 0 unspecified atom stereocenters. The van der Waals surface area contributed by atoms with Crippen LogP contribution in [-0.4, -0.2) is 24.3 Å².